The molecule has 3 amide bonds. The third-order valence-corrected chi connectivity index (χ3v) is 9.27. The van der Waals surface area contributed by atoms with Crippen LogP contribution in [0, 0.1) is 0 Å². The van der Waals surface area contributed by atoms with Crippen LogP contribution in [0.25, 0.3) is 4.91 Å². The molecule has 3 rings (SSSR count). The lowest BCUT2D eigenvalue weighted by atomic mass is 9.92. The first kappa shape index (κ1) is 37.0. The molecule has 252 valence electrons. The molecule has 0 bridgehead atoms. The van der Waals surface area contributed by atoms with Crippen molar-refractivity contribution in [2.24, 2.45) is 0 Å². The summed E-state index contributed by atoms with van der Waals surface area (Å²) in [4.78, 5) is 41.7. The van der Waals surface area contributed by atoms with Gasteiger partial charge in [0.25, 0.3) is 0 Å². The molecule has 13 heteroatoms. The number of ether oxygens (including phenoxy) is 2. The smallest absolute Gasteiger partial charge is 0.408 e. The third-order valence-electron chi connectivity index (χ3n) is 7.22. The van der Waals surface area contributed by atoms with Crippen LogP contribution < -0.4 is 15.4 Å². The Hall–Kier alpha value is -3.45. The maximum atomic E-state index is 14.1. The summed E-state index contributed by atoms with van der Waals surface area (Å²) in [6.07, 6.45) is -0.787. The summed E-state index contributed by atoms with van der Waals surface area (Å²) in [5.41, 5.74) is -1.45. The highest BCUT2D eigenvalue weighted by Crippen LogP contribution is 2.38. The van der Waals surface area contributed by atoms with Crippen LogP contribution in [0.5, 0.6) is 0 Å². The van der Waals surface area contributed by atoms with Crippen molar-refractivity contribution in [1.82, 2.24) is 20.3 Å². The minimum Gasteiger partial charge on any atom is -0.444 e. The molecule has 1 atom stereocenters. The van der Waals surface area contributed by atoms with Crippen LogP contribution in [0.15, 0.2) is 60.2 Å². The van der Waals surface area contributed by atoms with E-state index in [1.165, 1.54) is 18.7 Å². The Labute approximate surface area is 277 Å². The quantitative estimate of drug-likeness (QED) is 0.298. The second-order valence-electron chi connectivity index (χ2n) is 13.2. The van der Waals surface area contributed by atoms with E-state index in [1.54, 1.807) is 65.8 Å². The van der Waals surface area contributed by atoms with Crippen LogP contribution in [0.1, 0.15) is 66.5 Å². The number of carbonyl (C=O) groups excluding carboxylic acids is 3. The van der Waals surface area contributed by atoms with Gasteiger partial charge in [0.15, 0.2) is 0 Å². The molecule has 0 saturated carbocycles. The Bertz CT molecular complexity index is 1550. The predicted octanol–water partition coefficient (Wildman–Crippen LogP) is 4.62. The van der Waals surface area contributed by atoms with Crippen LogP contribution in [-0.4, -0.2) is 73.6 Å². The molecule has 1 aliphatic heterocycles. The number of sulfonamides is 1. The van der Waals surface area contributed by atoms with E-state index < -0.39 is 50.7 Å². The van der Waals surface area contributed by atoms with Gasteiger partial charge in [0.2, 0.25) is 21.8 Å². The second kappa shape index (κ2) is 14.5. The van der Waals surface area contributed by atoms with E-state index in [4.69, 9.17) is 21.1 Å². The molecule has 0 spiro atoms. The van der Waals surface area contributed by atoms with Gasteiger partial charge in [0, 0.05) is 18.1 Å². The molecule has 0 fully saturated rings. The number of benzene rings is 2. The number of nitrogens with zero attached hydrogens (tertiary/aromatic N) is 1. The van der Waals surface area contributed by atoms with Crippen LogP contribution in [0.4, 0.5) is 4.79 Å². The van der Waals surface area contributed by atoms with Crippen LogP contribution in [-0.2, 0) is 35.7 Å². The summed E-state index contributed by atoms with van der Waals surface area (Å²) in [5, 5.41) is 5.76. The standard InChI is InChI=1S/C33H45ClN4O7S/c1-9-38(19-25-27(23-15-17-24(34)18-16-23)46(42,43)37-32(25,5)6)28(39)26(21-44-20-22-13-11-10-12-14-22)35-29(40)33(7,8)36-30(41)45-31(2,3)4/h10-18,26,37H,9,19-21H2,1-8H3,(H,35,40)(H,36,41)/t26-/m1/s1. The Morgan fingerprint density at radius 2 is 1.61 bits per heavy atom. The van der Waals surface area contributed by atoms with Crippen LogP contribution >= 0.6 is 11.6 Å². The first-order valence-corrected chi connectivity index (χ1v) is 16.9. The van der Waals surface area contributed by atoms with Gasteiger partial charge in [-0.1, -0.05) is 54.1 Å². The van der Waals surface area contributed by atoms with Gasteiger partial charge < -0.3 is 25.0 Å². The zero-order valence-electron chi connectivity index (χ0n) is 27.7. The van der Waals surface area contributed by atoms with Crippen molar-refractivity contribution in [3.8, 4) is 0 Å². The second-order valence-corrected chi connectivity index (χ2v) is 15.2. The SMILES string of the molecule is CCN(CC1=C(c2ccc(Cl)cc2)S(=O)(=O)NC1(C)C)C(=O)[C@@H](COCc1ccccc1)NC(=O)C(C)(C)NC(=O)OC(C)(C)C. The van der Waals surface area contributed by atoms with E-state index in [2.05, 4.69) is 15.4 Å². The molecule has 0 radical (unpaired) electrons. The van der Waals surface area contributed by atoms with Crippen molar-refractivity contribution >= 4 is 44.4 Å². The number of alkyl carbamates (subject to hydrolysis) is 1. The minimum atomic E-state index is -3.92. The molecule has 1 heterocycles. The lowest BCUT2D eigenvalue weighted by molar-refractivity contribution is -0.139. The highest BCUT2D eigenvalue weighted by atomic mass is 35.5. The van der Waals surface area contributed by atoms with E-state index in [0.717, 1.165) is 5.56 Å². The molecule has 2 aromatic rings. The summed E-state index contributed by atoms with van der Waals surface area (Å²) < 4.78 is 40.6. The van der Waals surface area contributed by atoms with Gasteiger partial charge in [-0.3, -0.25) is 9.59 Å². The molecule has 46 heavy (non-hydrogen) atoms. The molecular formula is C33H45ClN4O7S. The largest absolute Gasteiger partial charge is 0.444 e. The number of halogens is 1. The Balaban J connectivity index is 1.92. The van der Waals surface area contributed by atoms with Crippen molar-refractivity contribution in [3.05, 3.63) is 76.3 Å². The summed E-state index contributed by atoms with van der Waals surface area (Å²) in [6, 6.07) is 14.7. The fourth-order valence-electron chi connectivity index (χ4n) is 4.85. The maximum Gasteiger partial charge on any atom is 0.408 e. The topological polar surface area (TPSA) is 143 Å². The average Bonchev–Trinajstić information content (AvgIpc) is 3.12. The molecule has 0 aliphatic carbocycles. The van der Waals surface area contributed by atoms with Crippen molar-refractivity contribution < 1.29 is 32.3 Å². The maximum absolute atomic E-state index is 14.1. The van der Waals surface area contributed by atoms with Gasteiger partial charge >= 0.3 is 6.09 Å². The monoisotopic (exact) mass is 676 g/mol. The zero-order valence-corrected chi connectivity index (χ0v) is 29.3. The fraction of sp³-hybridized carbons (Fsp3) is 0.485. The molecule has 11 nitrogen and oxygen atoms in total. The number of carbonyl (C=O) groups is 3. The van der Waals surface area contributed by atoms with Crippen LogP contribution in [0.3, 0.4) is 0 Å². The van der Waals surface area contributed by atoms with Crippen molar-refractivity contribution in [3.63, 3.8) is 0 Å². The fourth-order valence-corrected chi connectivity index (χ4v) is 6.96. The van der Waals surface area contributed by atoms with E-state index >= 15 is 0 Å². The zero-order chi connectivity index (χ0) is 34.5. The first-order chi connectivity index (χ1) is 21.3. The third kappa shape index (κ3) is 9.78. The van der Waals surface area contributed by atoms with E-state index in [-0.39, 0.29) is 31.2 Å². The normalized spacial score (nSPS) is 16.5. The molecule has 1 aliphatic rings. The Kier molecular flexibility index (Phi) is 11.7. The van der Waals surface area contributed by atoms with Gasteiger partial charge in [0.1, 0.15) is 17.2 Å². The van der Waals surface area contributed by atoms with Gasteiger partial charge in [-0.2, -0.15) is 0 Å². The van der Waals surface area contributed by atoms with Crippen molar-refractivity contribution in [2.75, 3.05) is 19.7 Å². The van der Waals surface area contributed by atoms with E-state index in [9.17, 15) is 22.8 Å². The molecule has 0 unspecified atom stereocenters. The molecule has 3 N–H and O–H groups in total. The van der Waals surface area contributed by atoms with Gasteiger partial charge in [-0.25, -0.2) is 17.9 Å². The minimum absolute atomic E-state index is 0.0445. The average molecular weight is 677 g/mol. The number of amides is 3. The highest BCUT2D eigenvalue weighted by molar-refractivity contribution is 7.99. The van der Waals surface area contributed by atoms with Crippen molar-refractivity contribution in [2.45, 2.75) is 84.7 Å². The number of rotatable bonds is 12. The summed E-state index contributed by atoms with van der Waals surface area (Å²) in [6.45, 7) is 13.5. The molecule has 2 aromatic carbocycles. The summed E-state index contributed by atoms with van der Waals surface area (Å²) >= 11 is 6.06. The first-order valence-electron chi connectivity index (χ1n) is 15.0. The lowest BCUT2D eigenvalue weighted by Gasteiger charge is -2.33. The lowest BCUT2D eigenvalue weighted by Crippen LogP contribution is -2.60. The van der Waals surface area contributed by atoms with Crippen LogP contribution in [0.2, 0.25) is 5.02 Å². The Morgan fingerprint density at radius 3 is 2.17 bits per heavy atom. The summed E-state index contributed by atoms with van der Waals surface area (Å²) in [5.74, 6) is -1.12. The number of likely N-dealkylation sites (N-methyl/N-ethyl adjacent to an activating group) is 1. The molecule has 0 aromatic heterocycles. The Morgan fingerprint density at radius 1 is 1.00 bits per heavy atom. The van der Waals surface area contributed by atoms with Gasteiger partial charge in [0.05, 0.1) is 23.7 Å². The van der Waals surface area contributed by atoms with Gasteiger partial charge in [-0.05, 0) is 84.2 Å². The van der Waals surface area contributed by atoms with Crippen molar-refractivity contribution in [1.29, 1.82) is 0 Å². The molecule has 0 saturated heterocycles. The van der Waals surface area contributed by atoms with E-state index in [1.807, 2.05) is 30.3 Å². The number of hydrogen-bond acceptors (Lipinski definition) is 7. The van der Waals surface area contributed by atoms with E-state index in [0.29, 0.717) is 16.2 Å². The number of hydrogen-bond donors (Lipinski definition) is 3. The molecular weight excluding hydrogens is 632 g/mol. The number of nitrogens with one attached hydrogen (secondary N) is 3. The van der Waals surface area contributed by atoms with Gasteiger partial charge in [-0.15, -0.1) is 0 Å². The summed E-state index contributed by atoms with van der Waals surface area (Å²) in [7, 11) is -3.92. The predicted molar refractivity (Wildman–Crippen MR) is 178 cm³/mol. The highest BCUT2D eigenvalue weighted by Gasteiger charge is 2.44.